The van der Waals surface area contributed by atoms with Crippen molar-refractivity contribution in [2.45, 2.75) is 32.1 Å². The number of carbonyl (C=O) groups excluding carboxylic acids is 1. The Bertz CT molecular complexity index is 440. The molecule has 0 unspecified atom stereocenters. The molecule has 1 aliphatic rings. The average molecular weight is 262 g/mol. The number of ether oxygens (including phenoxy) is 1. The van der Waals surface area contributed by atoms with Crippen LogP contribution in [0.25, 0.3) is 0 Å². The monoisotopic (exact) mass is 262 g/mol. The van der Waals surface area contributed by atoms with E-state index in [4.69, 9.17) is 10.5 Å². The molecule has 4 heteroatoms. The first-order valence-electron chi connectivity index (χ1n) is 6.93. The summed E-state index contributed by atoms with van der Waals surface area (Å²) in [5, 5.41) is 3.30. The molecule has 1 aromatic rings. The summed E-state index contributed by atoms with van der Waals surface area (Å²) in [6, 6.07) is 5.30. The minimum absolute atomic E-state index is 0.351. The SMILES string of the molecule is COC(=O)c1cccc(N)c1NCCC1CCCC1. The Kier molecular flexibility index (Phi) is 4.66. The second-order valence-corrected chi connectivity index (χ2v) is 5.13. The highest BCUT2D eigenvalue weighted by Crippen LogP contribution is 2.28. The Hall–Kier alpha value is -1.71. The third kappa shape index (κ3) is 3.40. The fourth-order valence-corrected chi connectivity index (χ4v) is 2.75. The molecule has 3 N–H and O–H groups in total. The zero-order valence-corrected chi connectivity index (χ0v) is 11.4. The van der Waals surface area contributed by atoms with Gasteiger partial charge in [0.25, 0.3) is 0 Å². The van der Waals surface area contributed by atoms with Crippen molar-refractivity contribution in [3.8, 4) is 0 Å². The van der Waals surface area contributed by atoms with Crippen molar-refractivity contribution < 1.29 is 9.53 Å². The molecule has 1 fully saturated rings. The lowest BCUT2D eigenvalue weighted by molar-refractivity contribution is 0.0602. The maximum absolute atomic E-state index is 11.7. The molecule has 0 atom stereocenters. The molecule has 104 valence electrons. The second-order valence-electron chi connectivity index (χ2n) is 5.13. The van der Waals surface area contributed by atoms with Crippen LogP contribution in [-0.2, 0) is 4.74 Å². The van der Waals surface area contributed by atoms with Crippen molar-refractivity contribution >= 4 is 17.3 Å². The number of methoxy groups -OCH3 is 1. The summed E-state index contributed by atoms with van der Waals surface area (Å²) in [7, 11) is 1.38. The van der Waals surface area contributed by atoms with Gasteiger partial charge in [0.2, 0.25) is 0 Å². The molecular weight excluding hydrogens is 240 g/mol. The number of carbonyl (C=O) groups is 1. The van der Waals surface area contributed by atoms with Gasteiger partial charge >= 0.3 is 5.97 Å². The van der Waals surface area contributed by atoms with Crippen molar-refractivity contribution in [3.05, 3.63) is 23.8 Å². The largest absolute Gasteiger partial charge is 0.465 e. The van der Waals surface area contributed by atoms with Crippen LogP contribution in [0.5, 0.6) is 0 Å². The molecule has 0 aliphatic heterocycles. The van der Waals surface area contributed by atoms with E-state index < -0.39 is 0 Å². The first-order valence-corrected chi connectivity index (χ1v) is 6.93. The third-order valence-electron chi connectivity index (χ3n) is 3.83. The van der Waals surface area contributed by atoms with Gasteiger partial charge in [-0.2, -0.15) is 0 Å². The van der Waals surface area contributed by atoms with E-state index in [9.17, 15) is 4.79 Å². The fraction of sp³-hybridized carbons (Fsp3) is 0.533. The van der Waals surface area contributed by atoms with Gasteiger partial charge in [0, 0.05) is 6.54 Å². The van der Waals surface area contributed by atoms with Crippen LogP contribution in [0.15, 0.2) is 18.2 Å². The first-order chi connectivity index (χ1) is 9.22. The predicted molar refractivity (Wildman–Crippen MR) is 77.3 cm³/mol. The molecular formula is C15H22N2O2. The standard InChI is InChI=1S/C15H22N2O2/c1-19-15(18)12-7-4-8-13(16)14(12)17-10-9-11-5-2-3-6-11/h4,7-8,11,17H,2-3,5-6,9-10,16H2,1H3. The molecule has 19 heavy (non-hydrogen) atoms. The van der Waals surface area contributed by atoms with Gasteiger partial charge in [0.05, 0.1) is 24.0 Å². The number of esters is 1. The highest BCUT2D eigenvalue weighted by atomic mass is 16.5. The zero-order valence-electron chi connectivity index (χ0n) is 11.4. The van der Waals surface area contributed by atoms with E-state index in [2.05, 4.69) is 5.32 Å². The molecule has 1 aliphatic carbocycles. The molecule has 0 aromatic heterocycles. The van der Waals surface area contributed by atoms with Crippen molar-refractivity contribution in [2.24, 2.45) is 5.92 Å². The van der Waals surface area contributed by atoms with Crippen LogP contribution in [0, 0.1) is 5.92 Å². The van der Waals surface area contributed by atoms with Gasteiger partial charge < -0.3 is 15.8 Å². The van der Waals surface area contributed by atoms with Crippen LogP contribution < -0.4 is 11.1 Å². The summed E-state index contributed by atoms with van der Waals surface area (Å²) < 4.78 is 4.78. The molecule has 2 rings (SSSR count). The summed E-state index contributed by atoms with van der Waals surface area (Å²) in [6.45, 7) is 0.850. The van der Waals surface area contributed by atoms with Gasteiger partial charge in [0.1, 0.15) is 0 Å². The topological polar surface area (TPSA) is 64.3 Å². The number of nitrogens with one attached hydrogen (secondary N) is 1. The molecule has 1 aromatic carbocycles. The van der Waals surface area contributed by atoms with E-state index >= 15 is 0 Å². The van der Waals surface area contributed by atoms with Crippen LogP contribution in [0.1, 0.15) is 42.5 Å². The normalized spacial score (nSPS) is 15.4. The Balaban J connectivity index is 1.99. The van der Waals surface area contributed by atoms with Crippen LogP contribution in [-0.4, -0.2) is 19.6 Å². The molecule has 0 radical (unpaired) electrons. The van der Waals surface area contributed by atoms with Gasteiger partial charge in [-0.1, -0.05) is 31.7 Å². The Morgan fingerprint density at radius 3 is 2.84 bits per heavy atom. The van der Waals surface area contributed by atoms with E-state index in [1.807, 2.05) is 0 Å². The summed E-state index contributed by atoms with van der Waals surface area (Å²) in [5.41, 5.74) is 7.74. The molecule has 0 bridgehead atoms. The van der Waals surface area contributed by atoms with Gasteiger partial charge in [-0.05, 0) is 24.5 Å². The summed E-state index contributed by atoms with van der Waals surface area (Å²) in [4.78, 5) is 11.7. The molecule has 0 heterocycles. The minimum atomic E-state index is -0.351. The van der Waals surface area contributed by atoms with Crippen LogP contribution in [0.3, 0.4) is 0 Å². The lowest BCUT2D eigenvalue weighted by Gasteiger charge is -2.15. The van der Waals surface area contributed by atoms with Gasteiger partial charge in [-0.15, -0.1) is 0 Å². The smallest absolute Gasteiger partial charge is 0.340 e. The van der Waals surface area contributed by atoms with E-state index in [0.717, 1.165) is 18.9 Å². The Labute approximate surface area is 114 Å². The summed E-state index contributed by atoms with van der Waals surface area (Å²) in [5.74, 6) is 0.467. The number of nitrogen functional groups attached to an aromatic ring is 1. The highest BCUT2D eigenvalue weighted by molar-refractivity contribution is 5.98. The molecule has 0 amide bonds. The quantitative estimate of drug-likeness (QED) is 0.632. The Morgan fingerprint density at radius 1 is 1.42 bits per heavy atom. The van der Waals surface area contributed by atoms with Gasteiger partial charge in [-0.25, -0.2) is 4.79 Å². The number of nitrogens with two attached hydrogens (primary N) is 1. The molecule has 4 nitrogen and oxygen atoms in total. The number of anilines is 2. The van der Waals surface area contributed by atoms with Crippen molar-refractivity contribution in [1.82, 2.24) is 0 Å². The van der Waals surface area contributed by atoms with Crippen LogP contribution in [0.4, 0.5) is 11.4 Å². The predicted octanol–water partition coefficient (Wildman–Crippen LogP) is 3.05. The van der Waals surface area contributed by atoms with Crippen LogP contribution >= 0.6 is 0 Å². The molecule has 0 spiro atoms. The van der Waals surface area contributed by atoms with E-state index in [0.29, 0.717) is 16.9 Å². The van der Waals surface area contributed by atoms with E-state index in [-0.39, 0.29) is 5.97 Å². The minimum Gasteiger partial charge on any atom is -0.465 e. The van der Waals surface area contributed by atoms with Crippen molar-refractivity contribution in [1.29, 1.82) is 0 Å². The van der Waals surface area contributed by atoms with Gasteiger partial charge in [0.15, 0.2) is 0 Å². The third-order valence-corrected chi connectivity index (χ3v) is 3.83. The maximum Gasteiger partial charge on any atom is 0.340 e. The summed E-state index contributed by atoms with van der Waals surface area (Å²) >= 11 is 0. The number of para-hydroxylation sites is 1. The number of hydrogen-bond donors (Lipinski definition) is 2. The summed E-state index contributed by atoms with van der Waals surface area (Å²) in [6.07, 6.45) is 6.50. The average Bonchev–Trinajstić information content (AvgIpc) is 2.93. The second kappa shape index (κ2) is 6.45. The zero-order chi connectivity index (χ0) is 13.7. The lowest BCUT2D eigenvalue weighted by atomic mass is 10.0. The number of rotatable bonds is 5. The maximum atomic E-state index is 11.7. The Morgan fingerprint density at radius 2 is 2.16 bits per heavy atom. The molecule has 1 saturated carbocycles. The van der Waals surface area contributed by atoms with Gasteiger partial charge in [-0.3, -0.25) is 0 Å². The van der Waals surface area contributed by atoms with Crippen molar-refractivity contribution in [2.75, 3.05) is 24.7 Å². The van der Waals surface area contributed by atoms with E-state index in [1.165, 1.54) is 32.8 Å². The number of benzene rings is 1. The first kappa shape index (κ1) is 13.7. The van der Waals surface area contributed by atoms with Crippen LogP contribution in [0.2, 0.25) is 0 Å². The fourth-order valence-electron chi connectivity index (χ4n) is 2.75. The van der Waals surface area contributed by atoms with E-state index in [1.54, 1.807) is 18.2 Å². The number of hydrogen-bond acceptors (Lipinski definition) is 4. The molecule has 0 saturated heterocycles. The highest BCUT2D eigenvalue weighted by Gasteiger charge is 2.16. The lowest BCUT2D eigenvalue weighted by Crippen LogP contribution is -2.13. The van der Waals surface area contributed by atoms with Crippen molar-refractivity contribution in [3.63, 3.8) is 0 Å².